The van der Waals surface area contributed by atoms with Crippen LogP contribution in [0, 0.1) is 5.92 Å². The lowest BCUT2D eigenvalue weighted by Crippen LogP contribution is -2.45. The van der Waals surface area contributed by atoms with Gasteiger partial charge in [0, 0.05) is 13.6 Å². The fourth-order valence-corrected chi connectivity index (χ4v) is 2.88. The molecule has 3 amide bonds. The predicted octanol–water partition coefficient (Wildman–Crippen LogP) is 1.73. The van der Waals surface area contributed by atoms with Gasteiger partial charge in [0.25, 0.3) is 5.91 Å². The Labute approximate surface area is 123 Å². The molecule has 0 saturated carbocycles. The van der Waals surface area contributed by atoms with E-state index in [4.69, 9.17) is 4.42 Å². The quantitative estimate of drug-likeness (QED) is 0.921. The molecular formula is C15H19N3O3. The summed E-state index contributed by atoms with van der Waals surface area (Å²) in [6.07, 6.45) is 1.55. The molecule has 1 aromatic rings. The summed E-state index contributed by atoms with van der Waals surface area (Å²) < 4.78 is 5.39. The van der Waals surface area contributed by atoms with Gasteiger partial charge in [0.15, 0.2) is 0 Å². The molecule has 6 nitrogen and oxygen atoms in total. The molecule has 0 fully saturated rings. The third-order valence-corrected chi connectivity index (χ3v) is 3.85. The topological polar surface area (TPSA) is 65.8 Å². The number of carbonyl (C=O) groups excluding carboxylic acids is 2. The van der Waals surface area contributed by atoms with Crippen molar-refractivity contribution in [3.05, 3.63) is 35.4 Å². The van der Waals surface area contributed by atoms with Gasteiger partial charge in [0.2, 0.25) is 0 Å². The summed E-state index contributed by atoms with van der Waals surface area (Å²) in [5.41, 5.74) is 1.39. The van der Waals surface area contributed by atoms with Crippen molar-refractivity contribution in [1.29, 1.82) is 0 Å². The molecule has 112 valence electrons. The Morgan fingerprint density at radius 1 is 1.43 bits per heavy atom. The molecule has 0 saturated heterocycles. The average molecular weight is 289 g/mol. The van der Waals surface area contributed by atoms with Crippen molar-refractivity contribution < 1.29 is 14.0 Å². The van der Waals surface area contributed by atoms with E-state index in [0.29, 0.717) is 30.3 Å². The van der Waals surface area contributed by atoms with E-state index in [2.05, 4.69) is 19.2 Å². The van der Waals surface area contributed by atoms with Gasteiger partial charge in [-0.15, -0.1) is 0 Å². The molecule has 2 aliphatic rings. The Morgan fingerprint density at radius 2 is 2.19 bits per heavy atom. The van der Waals surface area contributed by atoms with Crippen molar-refractivity contribution in [1.82, 2.24) is 15.1 Å². The monoisotopic (exact) mass is 289 g/mol. The lowest BCUT2D eigenvalue weighted by molar-refractivity contribution is -0.126. The van der Waals surface area contributed by atoms with Crippen LogP contribution in [0.2, 0.25) is 0 Å². The maximum absolute atomic E-state index is 12.7. The van der Waals surface area contributed by atoms with Crippen LogP contribution in [0.15, 0.2) is 34.1 Å². The van der Waals surface area contributed by atoms with Crippen LogP contribution in [0.1, 0.15) is 25.6 Å². The third kappa shape index (κ3) is 2.20. The van der Waals surface area contributed by atoms with Crippen LogP contribution < -0.4 is 5.32 Å². The summed E-state index contributed by atoms with van der Waals surface area (Å²) >= 11 is 0. The third-order valence-electron chi connectivity index (χ3n) is 3.85. The molecule has 0 bridgehead atoms. The fraction of sp³-hybridized carbons (Fsp3) is 0.467. The normalized spacial score (nSPS) is 22.2. The van der Waals surface area contributed by atoms with Crippen molar-refractivity contribution in [2.45, 2.75) is 19.9 Å². The number of urea groups is 1. The van der Waals surface area contributed by atoms with Crippen molar-refractivity contribution in [3.63, 3.8) is 0 Å². The van der Waals surface area contributed by atoms with Crippen LogP contribution in [-0.4, -0.2) is 41.9 Å². The zero-order valence-electron chi connectivity index (χ0n) is 12.4. The summed E-state index contributed by atoms with van der Waals surface area (Å²) in [7, 11) is 1.69. The van der Waals surface area contributed by atoms with Crippen LogP contribution in [-0.2, 0) is 4.79 Å². The summed E-state index contributed by atoms with van der Waals surface area (Å²) in [5.74, 6) is 0.946. The predicted molar refractivity (Wildman–Crippen MR) is 76.2 cm³/mol. The summed E-state index contributed by atoms with van der Waals surface area (Å²) in [6.45, 7) is 5.30. The zero-order valence-corrected chi connectivity index (χ0v) is 12.4. The van der Waals surface area contributed by atoms with Gasteiger partial charge in [0.1, 0.15) is 11.8 Å². The first-order valence-corrected chi connectivity index (χ1v) is 7.09. The van der Waals surface area contributed by atoms with E-state index >= 15 is 0 Å². The molecule has 0 aliphatic carbocycles. The first-order chi connectivity index (χ1) is 9.99. The van der Waals surface area contributed by atoms with Crippen LogP contribution >= 0.6 is 0 Å². The van der Waals surface area contributed by atoms with Gasteiger partial charge in [-0.05, 0) is 18.1 Å². The highest BCUT2D eigenvalue weighted by atomic mass is 16.3. The molecular weight excluding hydrogens is 270 g/mol. The van der Waals surface area contributed by atoms with Gasteiger partial charge < -0.3 is 14.6 Å². The minimum Gasteiger partial charge on any atom is -0.467 e. The number of hydrogen-bond acceptors (Lipinski definition) is 3. The number of amides is 3. The fourth-order valence-electron chi connectivity index (χ4n) is 2.88. The van der Waals surface area contributed by atoms with E-state index in [9.17, 15) is 9.59 Å². The molecule has 1 unspecified atom stereocenters. The molecule has 3 rings (SSSR count). The van der Waals surface area contributed by atoms with E-state index in [1.54, 1.807) is 30.3 Å². The van der Waals surface area contributed by atoms with Crippen molar-refractivity contribution >= 4 is 11.9 Å². The molecule has 6 heteroatoms. The Balaban J connectivity index is 1.98. The maximum atomic E-state index is 12.7. The Kier molecular flexibility index (Phi) is 3.23. The summed E-state index contributed by atoms with van der Waals surface area (Å²) in [6, 6.07) is 2.82. The van der Waals surface area contributed by atoms with Gasteiger partial charge in [-0.25, -0.2) is 4.79 Å². The largest absolute Gasteiger partial charge is 0.467 e. The Hall–Kier alpha value is -2.24. The van der Waals surface area contributed by atoms with Gasteiger partial charge in [0.05, 0.1) is 24.1 Å². The number of likely N-dealkylation sites (N-methyl/N-ethyl adjacent to an activating group) is 1. The average Bonchev–Trinajstić information content (AvgIpc) is 3.04. The minimum atomic E-state index is -0.497. The molecule has 1 aromatic heterocycles. The first-order valence-electron chi connectivity index (χ1n) is 7.09. The van der Waals surface area contributed by atoms with Gasteiger partial charge in [-0.1, -0.05) is 13.8 Å². The number of nitrogens with one attached hydrogen (secondary N) is 1. The highest BCUT2D eigenvalue weighted by Gasteiger charge is 2.43. The Bertz CT molecular complexity index is 604. The number of rotatable bonds is 3. The number of hydrogen-bond donors (Lipinski definition) is 1. The highest BCUT2D eigenvalue weighted by Crippen LogP contribution is 2.35. The molecule has 1 atom stereocenters. The number of carbonyl (C=O) groups is 2. The Morgan fingerprint density at radius 3 is 2.81 bits per heavy atom. The van der Waals surface area contributed by atoms with E-state index in [1.165, 1.54) is 4.90 Å². The van der Waals surface area contributed by atoms with E-state index in [-0.39, 0.29) is 11.9 Å². The van der Waals surface area contributed by atoms with Gasteiger partial charge >= 0.3 is 6.03 Å². The van der Waals surface area contributed by atoms with Gasteiger partial charge in [-0.3, -0.25) is 9.69 Å². The molecule has 0 aromatic carbocycles. The van der Waals surface area contributed by atoms with Crippen molar-refractivity contribution in [3.8, 4) is 0 Å². The van der Waals surface area contributed by atoms with Gasteiger partial charge in [-0.2, -0.15) is 0 Å². The molecule has 0 spiro atoms. The minimum absolute atomic E-state index is 0.0213. The summed E-state index contributed by atoms with van der Waals surface area (Å²) in [5, 5.41) is 2.83. The van der Waals surface area contributed by atoms with Crippen molar-refractivity contribution in [2.75, 3.05) is 20.1 Å². The van der Waals surface area contributed by atoms with Crippen LogP contribution in [0.3, 0.4) is 0 Å². The number of furan rings is 1. The lowest BCUT2D eigenvalue weighted by Gasteiger charge is -2.29. The lowest BCUT2D eigenvalue weighted by atomic mass is 10.0. The molecule has 0 radical (unpaired) electrons. The van der Waals surface area contributed by atoms with E-state index in [1.807, 2.05) is 0 Å². The summed E-state index contributed by atoms with van der Waals surface area (Å²) in [4.78, 5) is 28.1. The second kappa shape index (κ2) is 4.95. The molecule has 1 N–H and O–H groups in total. The SMILES string of the molecule is CC(C)CN1CC2=C(C1=O)C(c1ccco1)NC(=O)N2C. The zero-order chi connectivity index (χ0) is 15.1. The smallest absolute Gasteiger partial charge is 0.322 e. The highest BCUT2D eigenvalue weighted by molar-refractivity contribution is 6.01. The first kappa shape index (κ1) is 13.7. The molecule has 21 heavy (non-hydrogen) atoms. The second-order valence-electron chi connectivity index (χ2n) is 5.90. The van der Waals surface area contributed by atoms with Crippen LogP contribution in [0.5, 0.6) is 0 Å². The van der Waals surface area contributed by atoms with Crippen LogP contribution in [0.25, 0.3) is 0 Å². The second-order valence-corrected chi connectivity index (χ2v) is 5.90. The van der Waals surface area contributed by atoms with E-state index < -0.39 is 6.04 Å². The standard InChI is InChI=1S/C15H19N3O3/c1-9(2)7-18-8-10-12(14(18)19)13(11-5-4-6-21-11)16-15(20)17(10)3/h4-6,9,13H,7-8H2,1-3H3,(H,16,20). The van der Waals surface area contributed by atoms with Crippen molar-refractivity contribution in [2.24, 2.45) is 5.92 Å². The molecule has 3 heterocycles. The van der Waals surface area contributed by atoms with E-state index in [0.717, 1.165) is 5.70 Å². The van der Waals surface area contributed by atoms with Crippen LogP contribution in [0.4, 0.5) is 4.79 Å². The number of nitrogens with zero attached hydrogens (tertiary/aromatic N) is 2. The maximum Gasteiger partial charge on any atom is 0.322 e. The molecule has 2 aliphatic heterocycles.